The molecule has 2 heterocycles. The van der Waals surface area contributed by atoms with Crippen LogP contribution >= 0.6 is 0 Å². The number of hydrogen-bond acceptors (Lipinski definition) is 19. The van der Waals surface area contributed by atoms with Gasteiger partial charge in [-0.25, -0.2) is 6.29 Å². The van der Waals surface area contributed by atoms with Crippen LogP contribution < -0.4 is 43.8 Å². The van der Waals surface area contributed by atoms with Gasteiger partial charge in [-0.1, -0.05) is 27.7 Å². The second-order valence-electron chi connectivity index (χ2n) is 17.2. The molecule has 27 heteroatoms. The zero-order chi connectivity index (χ0) is 50.5. The summed E-state index contributed by atoms with van der Waals surface area (Å²) in [5.74, 6) is -5.57. The number of carbonyl (C=O) groups is 10. The van der Waals surface area contributed by atoms with Crippen molar-refractivity contribution in [2.75, 3.05) is 39.3 Å². The van der Waals surface area contributed by atoms with E-state index in [0.717, 1.165) is 19.6 Å². The third-order valence-corrected chi connectivity index (χ3v) is 10.9. The van der Waals surface area contributed by atoms with Crippen LogP contribution in [0.2, 0.25) is 0 Å². The van der Waals surface area contributed by atoms with Gasteiger partial charge in [0.15, 0.2) is 24.5 Å². The molecule has 2 saturated heterocycles. The summed E-state index contributed by atoms with van der Waals surface area (Å²) >= 11 is 0. The molecule has 2 rings (SSSR count). The Labute approximate surface area is 420 Å². The molecule has 0 aliphatic carbocycles. The van der Waals surface area contributed by atoms with Gasteiger partial charge in [-0.15, -0.1) is 0 Å². The Kier molecular flexibility index (Phi) is 27.9. The number of aldehydes is 5. The zero-order valence-electron chi connectivity index (χ0n) is 39.1. The Bertz CT molecular complexity index is 1760. The van der Waals surface area contributed by atoms with E-state index in [4.69, 9.17) is 17.2 Å². The Morgan fingerprint density at radius 3 is 1.74 bits per heavy atom. The number of nitrogens with one attached hydrogen (secondary N) is 5. The largest absolute Gasteiger partial charge is 0.539 e. The van der Waals surface area contributed by atoms with Crippen LogP contribution in [0.1, 0.15) is 66.7 Å². The number of nitrogens with two attached hydrogens (primary N) is 3. The van der Waals surface area contributed by atoms with Crippen molar-refractivity contribution in [2.24, 2.45) is 34.0 Å². The van der Waals surface area contributed by atoms with Crippen molar-refractivity contribution in [1.82, 2.24) is 46.2 Å². The number of aliphatic hydroxyl groups is 1. The molecule has 2 fully saturated rings. The van der Waals surface area contributed by atoms with Crippen molar-refractivity contribution in [1.29, 1.82) is 0 Å². The van der Waals surface area contributed by atoms with Crippen LogP contribution in [0.15, 0.2) is 4.99 Å². The van der Waals surface area contributed by atoms with E-state index in [1.54, 1.807) is 20.1 Å². The first kappa shape index (κ1) is 61.5. The number of carboxylic acids is 1. The van der Waals surface area contributed by atoms with Gasteiger partial charge in [0.05, 0.1) is 48.8 Å². The molecule has 2 aliphatic heterocycles. The summed E-state index contributed by atoms with van der Waals surface area (Å²) in [4.78, 5) is 152. The number of aliphatic carboxylic acids is 1. The van der Waals surface area contributed by atoms with Crippen molar-refractivity contribution >= 4 is 73.3 Å². The van der Waals surface area contributed by atoms with Crippen molar-refractivity contribution in [3.05, 3.63) is 0 Å². The number of guanidine groups is 1. The summed E-state index contributed by atoms with van der Waals surface area (Å²) in [5.41, 5.74) is 16.8. The van der Waals surface area contributed by atoms with Gasteiger partial charge < -0.3 is 81.1 Å². The molecule has 0 unspecified atom stereocenters. The molecule has 4 amide bonds. The minimum Gasteiger partial charge on any atom is -0.539 e. The summed E-state index contributed by atoms with van der Waals surface area (Å²) in [5, 5.41) is 33.3. The van der Waals surface area contributed by atoms with Crippen LogP contribution in [0.4, 0.5) is 0 Å². The molecule has 0 saturated carbocycles. The van der Waals surface area contributed by atoms with Crippen LogP contribution in [-0.2, 0) is 85.4 Å². The fourth-order valence-electron chi connectivity index (χ4n) is 7.61. The Morgan fingerprint density at radius 2 is 1.26 bits per heavy atom. The topological polar surface area (TPSA) is 392 Å². The maximum Gasteiger partial charge on any atom is 0.305 e. The molecule has 0 spiro atoms. The molecule has 0 aromatic heterocycles. The van der Waals surface area contributed by atoms with Gasteiger partial charge in [0.2, 0.25) is 5.91 Å². The SMILES string of the molecule is CC(C)C[C@@H](C=O)N[C@H]1C(=O)N([C@H]([C-]=O)N[C@H](C=O)[C@@H](C)O)CCN1C(=O)[C@H](N[C@H](C=O)CC(C)C)N1CCN(C(=O)[C@@H](CN)N[C@H](C=O)CC(=O)O)[C@@H](N[C@H](C=O)CCCN=C(N)N)C1=O.[Y]. The number of piperazine rings is 2. The second kappa shape index (κ2) is 30.8. The van der Waals surface area contributed by atoms with Crippen molar-refractivity contribution in [3.8, 4) is 0 Å². The molecule has 2 aliphatic rings. The predicted octanol–water partition coefficient (Wildman–Crippen LogP) is -6.15. The van der Waals surface area contributed by atoms with Crippen molar-refractivity contribution < 1.29 is 95.7 Å². The van der Waals surface area contributed by atoms with Gasteiger partial charge in [0.25, 0.3) is 17.7 Å². The van der Waals surface area contributed by atoms with E-state index in [1.807, 2.05) is 13.8 Å². The van der Waals surface area contributed by atoms with E-state index in [1.165, 1.54) is 6.92 Å². The summed E-state index contributed by atoms with van der Waals surface area (Å²) in [7, 11) is 0. The van der Waals surface area contributed by atoms with Crippen LogP contribution in [0, 0.1) is 11.8 Å². The minimum atomic E-state index is -1.78. The first-order valence-corrected chi connectivity index (χ1v) is 22.0. The molecule has 11 atom stereocenters. The molecule has 0 aromatic rings. The molecule has 379 valence electrons. The number of rotatable bonds is 32. The molecule has 1 radical (unpaired) electrons. The van der Waals surface area contributed by atoms with E-state index < -0.39 is 116 Å². The number of hydrogen-bond donors (Lipinski definition) is 10. The maximum absolute atomic E-state index is 15.2. The summed E-state index contributed by atoms with van der Waals surface area (Å²) in [6, 6.07) is -7.38. The third-order valence-electron chi connectivity index (χ3n) is 10.9. The number of carboxylic acid groups (broad SMARTS) is 1. The third kappa shape index (κ3) is 18.4. The van der Waals surface area contributed by atoms with E-state index in [-0.39, 0.29) is 109 Å². The standard InChI is InChI=1S/C41H68N13O13.Y/c1-23(2)13-27(18-56)48-34-38(65)51(32(22-60)50-31(21-59)25(5)61)9-10-53(34)40(67)36(49-28(19-57)14-24(3)4)54-12-11-52(37(64)30(16-42)46-29(20-58)15-33(62)63)35(39(54)66)47-26(17-55)7-6-8-45-41(43)44;/h17-21,23-32,34-36,46-50,61H,6-16,42H2,1-5H3,(H,62,63)(H4,43,44,45);/q-1;/t25-,26+,27+,28+,29+,30-,31-,32-,34-,35-,36-;/m1./s1. The van der Waals surface area contributed by atoms with E-state index >= 15 is 9.59 Å². The van der Waals surface area contributed by atoms with Crippen LogP contribution in [0.25, 0.3) is 0 Å². The molecule has 26 nitrogen and oxygen atoms in total. The van der Waals surface area contributed by atoms with Gasteiger partial charge in [-0.05, 0) is 50.6 Å². The molecular weight excluding hydrogens is 971 g/mol. The zero-order valence-corrected chi connectivity index (χ0v) is 41.9. The Hall–Kier alpha value is -4.54. The normalized spacial score (nSPS) is 20.4. The van der Waals surface area contributed by atoms with Gasteiger partial charge in [0.1, 0.15) is 31.4 Å². The van der Waals surface area contributed by atoms with Gasteiger partial charge in [-0.3, -0.25) is 50.2 Å². The molecule has 13 N–H and O–H groups in total. The average molecular weight is 1040 g/mol. The van der Waals surface area contributed by atoms with Gasteiger partial charge >= 0.3 is 5.97 Å². The smallest absolute Gasteiger partial charge is 0.305 e. The second-order valence-corrected chi connectivity index (χ2v) is 17.2. The quantitative estimate of drug-likeness (QED) is 0.00985. The van der Waals surface area contributed by atoms with E-state index in [0.29, 0.717) is 25.1 Å². The summed E-state index contributed by atoms with van der Waals surface area (Å²) in [6.45, 7) is 6.59. The first-order chi connectivity index (χ1) is 31.7. The fourth-order valence-corrected chi connectivity index (χ4v) is 7.61. The van der Waals surface area contributed by atoms with Crippen molar-refractivity contribution in [2.45, 2.75) is 134 Å². The Morgan fingerprint density at radius 1 is 0.750 bits per heavy atom. The van der Waals surface area contributed by atoms with Crippen LogP contribution in [-0.4, -0.2) is 209 Å². The number of amides is 4. The number of aliphatic hydroxyl groups excluding tert-OH is 1. The number of aliphatic imine (C=N–C) groups is 1. The van der Waals surface area contributed by atoms with Gasteiger partial charge in [0, 0.05) is 72.0 Å². The minimum absolute atomic E-state index is 0. The summed E-state index contributed by atoms with van der Waals surface area (Å²) in [6.07, 6.45) is -4.45. The van der Waals surface area contributed by atoms with Crippen molar-refractivity contribution in [3.63, 3.8) is 0 Å². The van der Waals surface area contributed by atoms with Crippen LogP contribution in [0.5, 0.6) is 0 Å². The van der Waals surface area contributed by atoms with Crippen LogP contribution in [0.3, 0.4) is 0 Å². The average Bonchev–Trinajstić information content (AvgIpc) is 3.27. The molecule has 0 aromatic carbocycles. The molecule has 68 heavy (non-hydrogen) atoms. The number of carbonyl (C=O) groups excluding carboxylic acids is 10. The van der Waals surface area contributed by atoms with E-state index in [2.05, 4.69) is 31.6 Å². The monoisotopic (exact) mass is 1040 g/mol. The van der Waals surface area contributed by atoms with Gasteiger partial charge in [-0.2, -0.15) is 0 Å². The fraction of sp³-hybridized carbons (Fsp3) is 0.707. The predicted molar refractivity (Wildman–Crippen MR) is 238 cm³/mol. The van der Waals surface area contributed by atoms with E-state index in [9.17, 15) is 53.4 Å². The number of nitrogens with zero attached hydrogens (tertiary/aromatic N) is 5. The molecular formula is C41H68N13O13Y-. The molecule has 0 bridgehead atoms. The first-order valence-electron chi connectivity index (χ1n) is 22.0. The maximum atomic E-state index is 15.2. The Balaban J connectivity index is 0.0000231. The summed E-state index contributed by atoms with van der Waals surface area (Å²) < 4.78 is 0.